The maximum absolute atomic E-state index is 13.8. The van der Waals surface area contributed by atoms with Crippen LogP contribution in [-0.2, 0) is 0 Å². The van der Waals surface area contributed by atoms with Crippen LogP contribution in [0.5, 0.6) is 0 Å². The van der Waals surface area contributed by atoms with E-state index in [-0.39, 0.29) is 23.9 Å². The summed E-state index contributed by atoms with van der Waals surface area (Å²) in [4.78, 5) is 2.18. The number of hydrogen-bond acceptors (Lipinski definition) is 3. The van der Waals surface area contributed by atoms with Gasteiger partial charge in [0.05, 0.1) is 6.10 Å². The van der Waals surface area contributed by atoms with Crippen molar-refractivity contribution >= 4 is 0 Å². The van der Waals surface area contributed by atoms with Gasteiger partial charge in [0.15, 0.2) is 0 Å². The van der Waals surface area contributed by atoms with Gasteiger partial charge in [0.1, 0.15) is 5.82 Å². The Morgan fingerprint density at radius 2 is 2.22 bits per heavy atom. The lowest BCUT2D eigenvalue weighted by Crippen LogP contribution is -2.33. The molecule has 3 N–H and O–H groups in total. The zero-order chi connectivity index (χ0) is 13.1. The maximum atomic E-state index is 13.8. The van der Waals surface area contributed by atoms with Gasteiger partial charge in [-0.1, -0.05) is 18.2 Å². The topological polar surface area (TPSA) is 49.5 Å². The normalized spacial score (nSPS) is 24.1. The molecule has 3 unspecified atom stereocenters. The molecule has 0 aromatic heterocycles. The molecule has 1 aromatic rings. The third-order valence-corrected chi connectivity index (χ3v) is 3.87. The van der Waals surface area contributed by atoms with Crippen molar-refractivity contribution in [1.29, 1.82) is 0 Å². The number of aliphatic hydroxyl groups is 1. The van der Waals surface area contributed by atoms with Gasteiger partial charge < -0.3 is 10.8 Å². The van der Waals surface area contributed by atoms with Crippen LogP contribution in [0.2, 0.25) is 0 Å². The van der Waals surface area contributed by atoms with Gasteiger partial charge in [-0.3, -0.25) is 4.90 Å². The molecule has 0 bridgehead atoms. The predicted molar refractivity (Wildman–Crippen MR) is 69.6 cm³/mol. The molecule has 0 aliphatic carbocycles. The van der Waals surface area contributed by atoms with E-state index >= 15 is 0 Å². The van der Waals surface area contributed by atoms with Crippen molar-refractivity contribution in [2.24, 2.45) is 11.7 Å². The lowest BCUT2D eigenvalue weighted by atomic mass is 10.0. The molecule has 0 spiro atoms. The quantitative estimate of drug-likeness (QED) is 0.854. The molecule has 1 aliphatic heterocycles. The van der Waals surface area contributed by atoms with Gasteiger partial charge in [-0.05, 0) is 31.9 Å². The summed E-state index contributed by atoms with van der Waals surface area (Å²) < 4.78 is 13.8. The standard InChI is InChI=1S/C14H21FN2O/c1-10(18)11-6-7-17(9-11)14(8-16)12-4-2-3-5-13(12)15/h2-5,10-11,14,18H,6-9,16H2,1H3. The van der Waals surface area contributed by atoms with E-state index < -0.39 is 0 Å². The molecule has 2 rings (SSSR count). The number of likely N-dealkylation sites (tertiary alicyclic amines) is 1. The highest BCUT2D eigenvalue weighted by Gasteiger charge is 2.31. The summed E-state index contributed by atoms with van der Waals surface area (Å²) in [6.45, 7) is 3.86. The third kappa shape index (κ3) is 2.71. The predicted octanol–water partition coefficient (Wildman–Crippen LogP) is 1.53. The SMILES string of the molecule is CC(O)C1CCN(C(CN)c2ccccc2F)C1. The largest absolute Gasteiger partial charge is 0.393 e. The highest BCUT2D eigenvalue weighted by molar-refractivity contribution is 5.22. The van der Waals surface area contributed by atoms with E-state index in [9.17, 15) is 9.50 Å². The Morgan fingerprint density at radius 1 is 1.50 bits per heavy atom. The minimum absolute atomic E-state index is 0.0880. The van der Waals surface area contributed by atoms with Gasteiger partial charge in [0, 0.05) is 24.7 Å². The smallest absolute Gasteiger partial charge is 0.128 e. The minimum atomic E-state index is -0.311. The second kappa shape index (κ2) is 5.78. The van der Waals surface area contributed by atoms with Crippen LogP contribution in [0.4, 0.5) is 4.39 Å². The van der Waals surface area contributed by atoms with Crippen LogP contribution in [0, 0.1) is 11.7 Å². The van der Waals surface area contributed by atoms with E-state index in [2.05, 4.69) is 4.90 Å². The molecular weight excluding hydrogens is 231 g/mol. The van der Waals surface area contributed by atoms with E-state index in [0.29, 0.717) is 12.1 Å². The molecule has 4 heteroatoms. The highest BCUT2D eigenvalue weighted by atomic mass is 19.1. The van der Waals surface area contributed by atoms with Crippen LogP contribution in [0.25, 0.3) is 0 Å². The number of nitrogens with two attached hydrogens (primary N) is 1. The second-order valence-electron chi connectivity index (χ2n) is 5.06. The summed E-state index contributed by atoms with van der Waals surface area (Å²) >= 11 is 0. The first-order valence-corrected chi connectivity index (χ1v) is 6.50. The Morgan fingerprint density at radius 3 is 2.78 bits per heavy atom. The summed E-state index contributed by atoms with van der Waals surface area (Å²) in [6, 6.07) is 6.70. The molecule has 0 radical (unpaired) electrons. The van der Waals surface area contributed by atoms with Crippen molar-refractivity contribution in [1.82, 2.24) is 4.90 Å². The van der Waals surface area contributed by atoms with Gasteiger partial charge in [-0.2, -0.15) is 0 Å². The summed E-state index contributed by atoms with van der Waals surface area (Å²) in [5, 5.41) is 9.62. The maximum Gasteiger partial charge on any atom is 0.128 e. The van der Waals surface area contributed by atoms with E-state index in [1.165, 1.54) is 6.07 Å². The third-order valence-electron chi connectivity index (χ3n) is 3.87. The average Bonchev–Trinajstić information content (AvgIpc) is 2.82. The summed E-state index contributed by atoms with van der Waals surface area (Å²) in [5.41, 5.74) is 6.46. The molecule has 3 atom stereocenters. The Balaban J connectivity index is 2.13. The summed E-state index contributed by atoms with van der Waals surface area (Å²) in [5.74, 6) is 0.0688. The summed E-state index contributed by atoms with van der Waals surface area (Å²) in [6.07, 6.45) is 0.636. The van der Waals surface area contributed by atoms with Gasteiger partial charge in [-0.25, -0.2) is 4.39 Å². The molecule has 1 aromatic carbocycles. The van der Waals surface area contributed by atoms with Crippen molar-refractivity contribution in [2.75, 3.05) is 19.6 Å². The lowest BCUT2D eigenvalue weighted by Gasteiger charge is -2.27. The molecule has 100 valence electrons. The Labute approximate surface area is 107 Å². The van der Waals surface area contributed by atoms with Gasteiger partial charge in [0.25, 0.3) is 0 Å². The first kappa shape index (κ1) is 13.5. The van der Waals surface area contributed by atoms with Crippen molar-refractivity contribution in [3.8, 4) is 0 Å². The Hall–Kier alpha value is -0.970. The van der Waals surface area contributed by atoms with Crippen LogP contribution in [-0.4, -0.2) is 35.7 Å². The zero-order valence-corrected chi connectivity index (χ0v) is 10.7. The fraction of sp³-hybridized carbons (Fsp3) is 0.571. The van der Waals surface area contributed by atoms with Crippen molar-refractivity contribution < 1.29 is 9.50 Å². The molecule has 0 amide bonds. The van der Waals surface area contributed by atoms with Crippen LogP contribution >= 0.6 is 0 Å². The van der Waals surface area contributed by atoms with Crippen LogP contribution in [0.3, 0.4) is 0 Å². The van der Waals surface area contributed by atoms with Gasteiger partial charge in [0.2, 0.25) is 0 Å². The lowest BCUT2D eigenvalue weighted by molar-refractivity contribution is 0.122. The Bertz CT molecular complexity index is 397. The molecule has 0 saturated carbocycles. The van der Waals surface area contributed by atoms with Gasteiger partial charge >= 0.3 is 0 Å². The molecular formula is C14H21FN2O. The number of aliphatic hydroxyl groups excluding tert-OH is 1. The van der Waals surface area contributed by atoms with Crippen molar-refractivity contribution in [3.05, 3.63) is 35.6 Å². The highest BCUT2D eigenvalue weighted by Crippen LogP contribution is 2.29. The summed E-state index contributed by atoms with van der Waals surface area (Å²) in [7, 11) is 0. The van der Waals surface area contributed by atoms with Crippen molar-refractivity contribution in [3.63, 3.8) is 0 Å². The molecule has 18 heavy (non-hydrogen) atoms. The van der Waals surface area contributed by atoms with Crippen LogP contribution in [0.15, 0.2) is 24.3 Å². The van der Waals surface area contributed by atoms with Crippen molar-refractivity contribution in [2.45, 2.75) is 25.5 Å². The molecule has 3 nitrogen and oxygen atoms in total. The second-order valence-corrected chi connectivity index (χ2v) is 5.06. The van der Waals surface area contributed by atoms with E-state index in [0.717, 1.165) is 19.5 Å². The minimum Gasteiger partial charge on any atom is -0.393 e. The zero-order valence-electron chi connectivity index (χ0n) is 10.7. The number of rotatable bonds is 4. The first-order chi connectivity index (χ1) is 8.63. The van der Waals surface area contributed by atoms with Crippen LogP contribution in [0.1, 0.15) is 24.9 Å². The van der Waals surface area contributed by atoms with E-state index in [4.69, 9.17) is 5.73 Å². The Kier molecular flexibility index (Phi) is 4.32. The fourth-order valence-electron chi connectivity index (χ4n) is 2.71. The molecule has 1 heterocycles. The fourth-order valence-corrected chi connectivity index (χ4v) is 2.71. The monoisotopic (exact) mass is 252 g/mol. The first-order valence-electron chi connectivity index (χ1n) is 6.50. The number of hydrogen-bond donors (Lipinski definition) is 2. The molecule has 1 fully saturated rings. The van der Waals surface area contributed by atoms with E-state index in [1.54, 1.807) is 12.1 Å². The molecule has 1 saturated heterocycles. The number of nitrogens with zero attached hydrogens (tertiary/aromatic N) is 1. The van der Waals surface area contributed by atoms with E-state index in [1.807, 2.05) is 13.0 Å². The average molecular weight is 252 g/mol. The molecule has 1 aliphatic rings. The van der Waals surface area contributed by atoms with Crippen LogP contribution < -0.4 is 5.73 Å². The number of benzene rings is 1. The number of halogens is 1. The van der Waals surface area contributed by atoms with Gasteiger partial charge in [-0.15, -0.1) is 0 Å².